The van der Waals surface area contributed by atoms with Gasteiger partial charge in [-0.2, -0.15) is 0 Å². The molecule has 0 unspecified atom stereocenters. The molecule has 0 amide bonds. The van der Waals surface area contributed by atoms with E-state index in [2.05, 4.69) is 55.2 Å². The highest BCUT2D eigenvalue weighted by atomic mass is 15.1. The first-order valence-corrected chi connectivity index (χ1v) is 6.29. The van der Waals surface area contributed by atoms with Crippen LogP contribution < -0.4 is 10.6 Å². The number of hydrogen-bond donors (Lipinski definition) is 1. The fraction of sp³-hybridized carbons (Fsp3) is 0.571. The van der Waals surface area contributed by atoms with Crippen molar-refractivity contribution < 1.29 is 0 Å². The maximum absolute atomic E-state index is 5.64. The van der Waals surface area contributed by atoms with Gasteiger partial charge in [-0.1, -0.05) is 18.2 Å². The van der Waals surface area contributed by atoms with Crippen molar-refractivity contribution in [1.82, 2.24) is 4.90 Å². The molecule has 0 saturated heterocycles. The average Bonchev–Trinajstić information content (AvgIpc) is 2.29. The third kappa shape index (κ3) is 4.75. The fourth-order valence-electron chi connectivity index (χ4n) is 1.99. The van der Waals surface area contributed by atoms with Gasteiger partial charge in [0, 0.05) is 19.3 Å². The molecule has 0 aliphatic rings. The van der Waals surface area contributed by atoms with E-state index in [1.165, 1.54) is 17.7 Å². The zero-order valence-corrected chi connectivity index (χ0v) is 11.3. The van der Waals surface area contributed by atoms with Gasteiger partial charge in [-0.3, -0.25) is 0 Å². The molecule has 1 rings (SSSR count). The van der Waals surface area contributed by atoms with Crippen LogP contribution in [0.3, 0.4) is 0 Å². The summed E-state index contributed by atoms with van der Waals surface area (Å²) < 4.78 is 0. The van der Waals surface area contributed by atoms with Crippen LogP contribution in [-0.4, -0.2) is 45.7 Å². The Morgan fingerprint density at radius 1 is 1.06 bits per heavy atom. The quantitative estimate of drug-likeness (QED) is 0.779. The summed E-state index contributed by atoms with van der Waals surface area (Å²) >= 11 is 0. The number of nitrogens with zero attached hydrogens (tertiary/aromatic N) is 2. The van der Waals surface area contributed by atoms with Crippen LogP contribution in [-0.2, 0) is 6.42 Å². The van der Waals surface area contributed by atoms with Gasteiger partial charge in [0.15, 0.2) is 0 Å². The molecule has 0 bridgehead atoms. The summed E-state index contributed by atoms with van der Waals surface area (Å²) in [5.74, 6) is 0. The molecular weight excluding hydrogens is 210 g/mol. The van der Waals surface area contributed by atoms with E-state index in [0.29, 0.717) is 6.54 Å². The van der Waals surface area contributed by atoms with Gasteiger partial charge in [-0.15, -0.1) is 0 Å². The van der Waals surface area contributed by atoms with E-state index in [0.717, 1.165) is 19.5 Å². The Hall–Kier alpha value is -1.06. The maximum atomic E-state index is 5.64. The molecule has 1 aromatic rings. The van der Waals surface area contributed by atoms with Gasteiger partial charge in [-0.05, 0) is 51.7 Å². The smallest absolute Gasteiger partial charge is 0.0396 e. The summed E-state index contributed by atoms with van der Waals surface area (Å²) in [5.41, 5.74) is 8.31. The summed E-state index contributed by atoms with van der Waals surface area (Å²) in [7, 11) is 6.38. The molecule has 0 aliphatic carbocycles. The molecule has 1 aromatic carbocycles. The molecule has 0 radical (unpaired) electrons. The van der Waals surface area contributed by atoms with E-state index in [-0.39, 0.29) is 0 Å². The Kier molecular flexibility index (Phi) is 6.01. The first-order chi connectivity index (χ1) is 8.15. The van der Waals surface area contributed by atoms with Gasteiger partial charge in [0.2, 0.25) is 0 Å². The summed E-state index contributed by atoms with van der Waals surface area (Å²) in [6, 6.07) is 8.53. The van der Waals surface area contributed by atoms with Gasteiger partial charge < -0.3 is 15.5 Å². The molecule has 17 heavy (non-hydrogen) atoms. The topological polar surface area (TPSA) is 32.5 Å². The third-order valence-electron chi connectivity index (χ3n) is 2.92. The second kappa shape index (κ2) is 7.30. The number of para-hydroxylation sites is 1. The highest BCUT2D eigenvalue weighted by molar-refractivity contribution is 5.53. The van der Waals surface area contributed by atoms with Crippen LogP contribution in [0.1, 0.15) is 12.0 Å². The minimum atomic E-state index is 0.711. The SMILES string of the molecule is CN(C)CCCN(C)c1ccccc1CCN. The van der Waals surface area contributed by atoms with Gasteiger partial charge in [0.05, 0.1) is 0 Å². The second-order valence-electron chi connectivity index (χ2n) is 4.75. The standard InChI is InChI=1S/C14H25N3/c1-16(2)11-6-12-17(3)14-8-5-4-7-13(14)9-10-15/h4-5,7-8H,6,9-12,15H2,1-3H3. The van der Waals surface area contributed by atoms with Crippen LogP contribution in [0.15, 0.2) is 24.3 Å². The van der Waals surface area contributed by atoms with Crippen molar-refractivity contribution in [2.75, 3.05) is 45.7 Å². The Labute approximate surface area is 105 Å². The van der Waals surface area contributed by atoms with Crippen molar-refractivity contribution in [3.63, 3.8) is 0 Å². The lowest BCUT2D eigenvalue weighted by Crippen LogP contribution is -2.24. The van der Waals surface area contributed by atoms with Crippen LogP contribution >= 0.6 is 0 Å². The van der Waals surface area contributed by atoms with Crippen molar-refractivity contribution in [2.45, 2.75) is 12.8 Å². The molecule has 96 valence electrons. The number of rotatable bonds is 7. The monoisotopic (exact) mass is 235 g/mol. The van der Waals surface area contributed by atoms with Crippen LogP contribution in [0.2, 0.25) is 0 Å². The van der Waals surface area contributed by atoms with Gasteiger partial charge in [-0.25, -0.2) is 0 Å². The van der Waals surface area contributed by atoms with E-state index in [4.69, 9.17) is 5.73 Å². The largest absolute Gasteiger partial charge is 0.374 e. The molecule has 0 spiro atoms. The van der Waals surface area contributed by atoms with E-state index in [1.54, 1.807) is 0 Å². The van der Waals surface area contributed by atoms with Gasteiger partial charge >= 0.3 is 0 Å². The second-order valence-corrected chi connectivity index (χ2v) is 4.75. The van der Waals surface area contributed by atoms with Crippen LogP contribution in [0.25, 0.3) is 0 Å². The highest BCUT2D eigenvalue weighted by Crippen LogP contribution is 2.19. The fourth-order valence-corrected chi connectivity index (χ4v) is 1.99. The zero-order chi connectivity index (χ0) is 12.7. The lowest BCUT2D eigenvalue weighted by Gasteiger charge is -2.23. The summed E-state index contributed by atoms with van der Waals surface area (Å²) in [5, 5.41) is 0. The average molecular weight is 235 g/mol. The van der Waals surface area contributed by atoms with E-state index in [1.807, 2.05) is 0 Å². The van der Waals surface area contributed by atoms with E-state index in [9.17, 15) is 0 Å². The maximum Gasteiger partial charge on any atom is 0.0396 e. The molecule has 0 aliphatic heterocycles. The lowest BCUT2D eigenvalue weighted by atomic mass is 10.1. The first kappa shape index (κ1) is 14.0. The summed E-state index contributed by atoms with van der Waals surface area (Å²) in [6.07, 6.45) is 2.13. The Bertz CT molecular complexity index is 323. The van der Waals surface area contributed by atoms with Crippen molar-refractivity contribution in [3.8, 4) is 0 Å². The molecule has 3 nitrogen and oxygen atoms in total. The Morgan fingerprint density at radius 2 is 1.76 bits per heavy atom. The molecule has 0 heterocycles. The molecule has 0 aromatic heterocycles. The number of nitrogens with two attached hydrogens (primary N) is 1. The van der Waals surface area contributed by atoms with Crippen molar-refractivity contribution in [1.29, 1.82) is 0 Å². The highest BCUT2D eigenvalue weighted by Gasteiger charge is 2.05. The predicted molar refractivity (Wildman–Crippen MR) is 75.6 cm³/mol. The predicted octanol–water partition coefficient (Wildman–Crippen LogP) is 1.58. The zero-order valence-electron chi connectivity index (χ0n) is 11.3. The van der Waals surface area contributed by atoms with Crippen LogP contribution in [0.5, 0.6) is 0 Å². The molecule has 0 atom stereocenters. The first-order valence-electron chi connectivity index (χ1n) is 6.29. The van der Waals surface area contributed by atoms with Crippen molar-refractivity contribution in [2.24, 2.45) is 5.73 Å². The van der Waals surface area contributed by atoms with E-state index >= 15 is 0 Å². The van der Waals surface area contributed by atoms with Crippen molar-refractivity contribution >= 4 is 5.69 Å². The number of hydrogen-bond acceptors (Lipinski definition) is 3. The Balaban J connectivity index is 2.58. The summed E-state index contributed by atoms with van der Waals surface area (Å²) in [4.78, 5) is 4.55. The Morgan fingerprint density at radius 3 is 2.41 bits per heavy atom. The lowest BCUT2D eigenvalue weighted by molar-refractivity contribution is 0.401. The third-order valence-corrected chi connectivity index (χ3v) is 2.92. The van der Waals surface area contributed by atoms with Crippen molar-refractivity contribution in [3.05, 3.63) is 29.8 Å². The normalized spacial score (nSPS) is 10.9. The summed E-state index contributed by atoms with van der Waals surface area (Å²) in [6.45, 7) is 2.92. The van der Waals surface area contributed by atoms with E-state index < -0.39 is 0 Å². The van der Waals surface area contributed by atoms with Gasteiger partial charge in [0.1, 0.15) is 0 Å². The van der Waals surface area contributed by atoms with Crippen LogP contribution in [0, 0.1) is 0 Å². The molecule has 2 N–H and O–H groups in total. The molecule has 0 fully saturated rings. The number of anilines is 1. The minimum absolute atomic E-state index is 0.711. The molecular formula is C14H25N3. The minimum Gasteiger partial charge on any atom is -0.374 e. The molecule has 3 heteroatoms. The van der Waals surface area contributed by atoms with Gasteiger partial charge in [0.25, 0.3) is 0 Å². The van der Waals surface area contributed by atoms with Crippen LogP contribution in [0.4, 0.5) is 5.69 Å². The molecule has 0 saturated carbocycles. The number of benzene rings is 1.